The van der Waals surface area contributed by atoms with Crippen molar-refractivity contribution in [2.24, 2.45) is 17.8 Å². The van der Waals surface area contributed by atoms with Gasteiger partial charge in [-0.15, -0.1) is 0 Å². The van der Waals surface area contributed by atoms with Gasteiger partial charge in [-0.25, -0.2) is 0 Å². The number of ether oxygens (including phenoxy) is 3. The zero-order chi connectivity index (χ0) is 19.5. The highest BCUT2D eigenvalue weighted by atomic mass is 16.7. The molecular weight excluding hydrogens is 322 g/mol. The Labute approximate surface area is 153 Å². The van der Waals surface area contributed by atoms with E-state index in [1.54, 1.807) is 0 Å². The Bertz CT molecular complexity index is 390. The van der Waals surface area contributed by atoms with Gasteiger partial charge in [0, 0.05) is 5.92 Å². The number of hydrogen-bond donors (Lipinski definition) is 1. The first-order valence-corrected chi connectivity index (χ1v) is 9.19. The van der Waals surface area contributed by atoms with E-state index in [-0.39, 0.29) is 42.7 Å². The number of carbonyl (C=O) groups is 2. The molecule has 1 N–H and O–H groups in total. The molecule has 6 heteroatoms. The summed E-state index contributed by atoms with van der Waals surface area (Å²) in [6.07, 6.45) is 1.64. The second-order valence-electron chi connectivity index (χ2n) is 7.94. The van der Waals surface area contributed by atoms with Crippen LogP contribution in [0.25, 0.3) is 0 Å². The van der Waals surface area contributed by atoms with Crippen LogP contribution in [0.15, 0.2) is 0 Å². The van der Waals surface area contributed by atoms with Crippen LogP contribution < -0.4 is 5.32 Å². The zero-order valence-corrected chi connectivity index (χ0v) is 17.0. The van der Waals surface area contributed by atoms with Crippen LogP contribution >= 0.6 is 0 Å². The highest BCUT2D eigenvalue weighted by Gasteiger charge is 2.16. The van der Waals surface area contributed by atoms with Gasteiger partial charge in [0.15, 0.2) is 0 Å². The van der Waals surface area contributed by atoms with E-state index >= 15 is 0 Å². The molecular formula is C19H37NO5. The Hall–Kier alpha value is -1.14. The summed E-state index contributed by atoms with van der Waals surface area (Å²) in [5, 5.41) is 2.72. The molecule has 0 aliphatic rings. The van der Waals surface area contributed by atoms with Crippen molar-refractivity contribution < 1.29 is 23.8 Å². The highest BCUT2D eigenvalue weighted by molar-refractivity contribution is 5.77. The average molecular weight is 360 g/mol. The third kappa shape index (κ3) is 13.8. The third-order valence-corrected chi connectivity index (χ3v) is 3.64. The number of hydrogen-bond acceptors (Lipinski definition) is 5. The fourth-order valence-corrected chi connectivity index (χ4v) is 1.88. The number of esters is 1. The number of amides is 1. The van der Waals surface area contributed by atoms with E-state index < -0.39 is 0 Å². The molecule has 148 valence electrons. The predicted molar refractivity (Wildman–Crippen MR) is 98.0 cm³/mol. The van der Waals surface area contributed by atoms with Crippen molar-refractivity contribution in [3.63, 3.8) is 0 Å². The van der Waals surface area contributed by atoms with Crippen molar-refractivity contribution in [1.82, 2.24) is 5.32 Å². The molecule has 2 atom stereocenters. The van der Waals surface area contributed by atoms with Gasteiger partial charge in [-0.1, -0.05) is 27.7 Å². The monoisotopic (exact) mass is 359 g/mol. The predicted octanol–water partition coefficient (Wildman–Crippen LogP) is 3.14. The van der Waals surface area contributed by atoms with E-state index in [2.05, 4.69) is 12.2 Å². The minimum Gasteiger partial charge on any atom is -0.464 e. The summed E-state index contributed by atoms with van der Waals surface area (Å²) in [6.45, 7) is 15.0. The first-order chi connectivity index (χ1) is 11.5. The summed E-state index contributed by atoms with van der Waals surface area (Å²) >= 11 is 0. The number of carbonyl (C=O) groups excluding carboxylic acids is 2. The molecule has 1 amide bonds. The standard InChI is InChI=1S/C19H37NO5/c1-14(2)17(21)20-10-11-24-18(22)16(4)9-8-15(3)12-23-13-25-19(5,6)7/h14-16H,8-13H2,1-7H3,(H,20,21). The van der Waals surface area contributed by atoms with E-state index in [1.165, 1.54) is 0 Å². The molecule has 0 spiro atoms. The molecule has 0 radical (unpaired) electrons. The van der Waals surface area contributed by atoms with Crippen LogP contribution in [0, 0.1) is 17.8 Å². The highest BCUT2D eigenvalue weighted by Crippen LogP contribution is 2.14. The molecule has 0 fully saturated rings. The van der Waals surface area contributed by atoms with Crippen LogP contribution in [0.1, 0.15) is 61.3 Å². The van der Waals surface area contributed by atoms with Crippen LogP contribution in [0.2, 0.25) is 0 Å². The quantitative estimate of drug-likeness (QED) is 0.329. The van der Waals surface area contributed by atoms with Crippen molar-refractivity contribution >= 4 is 11.9 Å². The van der Waals surface area contributed by atoms with E-state index in [1.807, 2.05) is 41.5 Å². The van der Waals surface area contributed by atoms with E-state index in [0.29, 0.717) is 19.1 Å². The summed E-state index contributed by atoms with van der Waals surface area (Å²) < 4.78 is 16.2. The summed E-state index contributed by atoms with van der Waals surface area (Å²) in [7, 11) is 0. The fraction of sp³-hybridized carbons (Fsp3) is 0.895. The van der Waals surface area contributed by atoms with Crippen LogP contribution in [0.5, 0.6) is 0 Å². The largest absolute Gasteiger partial charge is 0.464 e. The Balaban J connectivity index is 3.77. The van der Waals surface area contributed by atoms with Crippen LogP contribution in [0.3, 0.4) is 0 Å². The molecule has 0 aromatic carbocycles. The van der Waals surface area contributed by atoms with Gasteiger partial charge < -0.3 is 19.5 Å². The summed E-state index contributed by atoms with van der Waals surface area (Å²) in [4.78, 5) is 23.3. The van der Waals surface area contributed by atoms with Gasteiger partial charge in [0.05, 0.1) is 24.7 Å². The Morgan fingerprint density at radius 1 is 1.04 bits per heavy atom. The summed E-state index contributed by atoms with van der Waals surface area (Å²) in [5.41, 5.74) is -0.198. The lowest BCUT2D eigenvalue weighted by molar-refractivity contribution is -0.148. The summed E-state index contributed by atoms with van der Waals surface area (Å²) in [5.74, 6) is -0.123. The molecule has 0 bridgehead atoms. The first kappa shape index (κ1) is 23.9. The lowest BCUT2D eigenvalue weighted by atomic mass is 9.99. The van der Waals surface area contributed by atoms with Gasteiger partial charge in [-0.2, -0.15) is 0 Å². The van der Waals surface area contributed by atoms with Crippen LogP contribution in [-0.4, -0.2) is 44.0 Å². The molecule has 0 aliphatic carbocycles. The van der Waals surface area contributed by atoms with Crippen LogP contribution in [-0.2, 0) is 23.8 Å². The van der Waals surface area contributed by atoms with Crippen molar-refractivity contribution in [3.05, 3.63) is 0 Å². The molecule has 25 heavy (non-hydrogen) atoms. The summed E-state index contributed by atoms with van der Waals surface area (Å²) in [6, 6.07) is 0. The van der Waals surface area contributed by atoms with Gasteiger partial charge in [0.2, 0.25) is 5.91 Å². The van der Waals surface area contributed by atoms with E-state index in [0.717, 1.165) is 12.8 Å². The molecule has 0 aromatic heterocycles. The van der Waals surface area contributed by atoms with Crippen molar-refractivity contribution in [2.45, 2.75) is 66.9 Å². The van der Waals surface area contributed by atoms with Gasteiger partial charge in [0.25, 0.3) is 0 Å². The first-order valence-electron chi connectivity index (χ1n) is 9.19. The molecule has 0 rings (SSSR count). The molecule has 0 aliphatic heterocycles. The van der Waals surface area contributed by atoms with Crippen molar-refractivity contribution in [2.75, 3.05) is 26.6 Å². The second-order valence-corrected chi connectivity index (χ2v) is 7.94. The van der Waals surface area contributed by atoms with Gasteiger partial charge in [-0.05, 0) is 39.5 Å². The molecule has 0 saturated heterocycles. The van der Waals surface area contributed by atoms with E-state index in [4.69, 9.17) is 14.2 Å². The number of rotatable bonds is 12. The van der Waals surface area contributed by atoms with E-state index in [9.17, 15) is 9.59 Å². The minimum atomic E-state index is -0.219. The van der Waals surface area contributed by atoms with Gasteiger partial charge in [0.1, 0.15) is 13.4 Å². The van der Waals surface area contributed by atoms with Crippen LogP contribution in [0.4, 0.5) is 0 Å². The number of nitrogens with one attached hydrogen (secondary N) is 1. The maximum atomic E-state index is 11.9. The van der Waals surface area contributed by atoms with Crippen molar-refractivity contribution in [1.29, 1.82) is 0 Å². The average Bonchev–Trinajstić information content (AvgIpc) is 2.51. The second kappa shape index (κ2) is 12.3. The molecule has 6 nitrogen and oxygen atoms in total. The molecule has 0 heterocycles. The lowest BCUT2D eigenvalue weighted by Gasteiger charge is -2.20. The maximum Gasteiger partial charge on any atom is 0.308 e. The molecule has 0 saturated carbocycles. The normalized spacial score (nSPS) is 14.2. The zero-order valence-electron chi connectivity index (χ0n) is 17.0. The molecule has 2 unspecified atom stereocenters. The van der Waals surface area contributed by atoms with Gasteiger partial charge in [-0.3, -0.25) is 9.59 Å². The Morgan fingerprint density at radius 3 is 2.24 bits per heavy atom. The Kier molecular flexibility index (Phi) is 11.7. The molecule has 0 aromatic rings. The third-order valence-electron chi connectivity index (χ3n) is 3.64. The maximum absolute atomic E-state index is 11.9. The van der Waals surface area contributed by atoms with Crippen molar-refractivity contribution in [3.8, 4) is 0 Å². The van der Waals surface area contributed by atoms with Gasteiger partial charge >= 0.3 is 5.97 Å². The lowest BCUT2D eigenvalue weighted by Crippen LogP contribution is -2.31. The fourth-order valence-electron chi connectivity index (χ4n) is 1.88. The minimum absolute atomic E-state index is 0.0339. The SMILES string of the molecule is CC(CCC(C)C(=O)OCCNC(=O)C(C)C)COCOC(C)(C)C. The topological polar surface area (TPSA) is 73.9 Å². The Morgan fingerprint density at radius 2 is 1.68 bits per heavy atom. The smallest absolute Gasteiger partial charge is 0.308 e.